The standard InChI is InChI=1S/C21H29FN4O/c1-25-11-9-16(10-12-25)14-20-23-21(8-7-19-6-3-13-27-19)26(24-20)18-5-2-4-17(22)15-18/h2,4-5,15-16,19H,3,6-14H2,1H3/t19-/m1/s1. The average molecular weight is 372 g/mol. The minimum Gasteiger partial charge on any atom is -0.378 e. The topological polar surface area (TPSA) is 43.2 Å². The van der Waals surface area contributed by atoms with E-state index in [1.54, 1.807) is 6.07 Å². The van der Waals surface area contributed by atoms with Crippen LogP contribution in [0, 0.1) is 11.7 Å². The summed E-state index contributed by atoms with van der Waals surface area (Å²) in [6.07, 6.45) is 7.62. The van der Waals surface area contributed by atoms with Gasteiger partial charge in [-0.3, -0.25) is 0 Å². The number of likely N-dealkylation sites (tertiary alicyclic amines) is 1. The van der Waals surface area contributed by atoms with Crippen molar-refractivity contribution in [2.75, 3.05) is 26.7 Å². The number of rotatable bonds is 6. The molecule has 1 aromatic heterocycles. The van der Waals surface area contributed by atoms with Crippen LogP contribution in [-0.2, 0) is 17.6 Å². The molecule has 3 heterocycles. The smallest absolute Gasteiger partial charge is 0.151 e. The largest absolute Gasteiger partial charge is 0.378 e. The Labute approximate surface area is 160 Å². The lowest BCUT2D eigenvalue weighted by atomic mass is 9.94. The molecule has 2 aromatic rings. The van der Waals surface area contributed by atoms with Gasteiger partial charge >= 0.3 is 0 Å². The lowest BCUT2D eigenvalue weighted by Gasteiger charge is -2.28. The van der Waals surface area contributed by atoms with E-state index < -0.39 is 0 Å². The summed E-state index contributed by atoms with van der Waals surface area (Å²) in [6, 6.07) is 6.62. The summed E-state index contributed by atoms with van der Waals surface area (Å²) in [5.41, 5.74) is 0.750. The fourth-order valence-electron chi connectivity index (χ4n) is 4.14. The van der Waals surface area contributed by atoms with Gasteiger partial charge in [-0.2, -0.15) is 5.10 Å². The zero-order chi connectivity index (χ0) is 18.6. The van der Waals surface area contributed by atoms with Gasteiger partial charge < -0.3 is 9.64 Å². The first-order valence-electron chi connectivity index (χ1n) is 10.2. The van der Waals surface area contributed by atoms with Crippen LogP contribution in [0.1, 0.15) is 43.8 Å². The molecular formula is C21H29FN4O. The molecule has 1 atom stereocenters. The number of aryl methyl sites for hydroxylation is 1. The fourth-order valence-corrected chi connectivity index (χ4v) is 4.14. The number of aromatic nitrogens is 3. The molecule has 5 nitrogen and oxygen atoms in total. The Morgan fingerprint density at radius 1 is 1.22 bits per heavy atom. The van der Waals surface area contributed by atoms with Gasteiger partial charge in [0, 0.05) is 19.4 Å². The van der Waals surface area contributed by atoms with Crippen molar-refractivity contribution in [3.05, 3.63) is 41.7 Å². The number of nitrogens with zero attached hydrogens (tertiary/aromatic N) is 4. The van der Waals surface area contributed by atoms with Crippen LogP contribution in [0.2, 0.25) is 0 Å². The first kappa shape index (κ1) is 18.6. The van der Waals surface area contributed by atoms with E-state index in [0.29, 0.717) is 12.0 Å². The summed E-state index contributed by atoms with van der Waals surface area (Å²) in [7, 11) is 2.18. The lowest BCUT2D eigenvalue weighted by Crippen LogP contribution is -2.31. The maximum atomic E-state index is 13.7. The lowest BCUT2D eigenvalue weighted by molar-refractivity contribution is 0.104. The van der Waals surface area contributed by atoms with Crippen LogP contribution in [0.5, 0.6) is 0 Å². The third-order valence-corrected chi connectivity index (χ3v) is 5.79. The Morgan fingerprint density at radius 3 is 2.81 bits per heavy atom. The zero-order valence-corrected chi connectivity index (χ0v) is 16.1. The van der Waals surface area contributed by atoms with Crippen LogP contribution in [0.15, 0.2) is 24.3 Å². The predicted molar refractivity (Wildman–Crippen MR) is 103 cm³/mol. The predicted octanol–water partition coefficient (Wildman–Crippen LogP) is 3.40. The second kappa shape index (κ2) is 8.48. The molecule has 0 spiro atoms. The van der Waals surface area contributed by atoms with Gasteiger partial charge in [0.1, 0.15) is 11.6 Å². The molecule has 146 valence electrons. The molecule has 2 saturated heterocycles. The van der Waals surface area contributed by atoms with Gasteiger partial charge in [0.25, 0.3) is 0 Å². The monoisotopic (exact) mass is 372 g/mol. The van der Waals surface area contributed by atoms with E-state index in [4.69, 9.17) is 14.8 Å². The van der Waals surface area contributed by atoms with Crippen LogP contribution in [-0.4, -0.2) is 52.5 Å². The Hall–Kier alpha value is -1.79. The SMILES string of the molecule is CN1CCC(Cc2nc(CC[C@H]3CCCO3)n(-c3cccc(F)c3)n2)CC1. The van der Waals surface area contributed by atoms with Gasteiger partial charge in [0.2, 0.25) is 0 Å². The molecule has 0 amide bonds. The summed E-state index contributed by atoms with van der Waals surface area (Å²) in [4.78, 5) is 7.23. The second-order valence-corrected chi connectivity index (χ2v) is 7.96. The molecule has 0 aliphatic carbocycles. The Morgan fingerprint density at radius 2 is 2.07 bits per heavy atom. The molecule has 6 heteroatoms. The van der Waals surface area contributed by atoms with Crippen LogP contribution in [0.25, 0.3) is 5.69 Å². The highest BCUT2D eigenvalue weighted by Crippen LogP contribution is 2.22. The van der Waals surface area contributed by atoms with Gasteiger partial charge in [-0.05, 0) is 76.4 Å². The zero-order valence-electron chi connectivity index (χ0n) is 16.1. The molecular weight excluding hydrogens is 343 g/mol. The van der Waals surface area contributed by atoms with Crippen LogP contribution in [0.4, 0.5) is 4.39 Å². The van der Waals surface area contributed by atoms with Gasteiger partial charge in [0.05, 0.1) is 11.8 Å². The van der Waals surface area contributed by atoms with Crippen molar-refractivity contribution in [1.82, 2.24) is 19.7 Å². The van der Waals surface area contributed by atoms with E-state index in [9.17, 15) is 4.39 Å². The minimum absolute atomic E-state index is 0.245. The number of hydrogen-bond donors (Lipinski definition) is 0. The highest BCUT2D eigenvalue weighted by atomic mass is 19.1. The third kappa shape index (κ3) is 4.74. The fraction of sp³-hybridized carbons (Fsp3) is 0.619. The Bertz CT molecular complexity index is 748. The van der Waals surface area contributed by atoms with Crippen molar-refractivity contribution in [3.8, 4) is 5.69 Å². The van der Waals surface area contributed by atoms with Gasteiger partial charge in [-0.25, -0.2) is 14.1 Å². The Kier molecular flexibility index (Phi) is 5.83. The number of ether oxygens (including phenoxy) is 1. The van der Waals surface area contributed by atoms with E-state index in [0.717, 1.165) is 69.1 Å². The van der Waals surface area contributed by atoms with Gasteiger partial charge in [-0.15, -0.1) is 0 Å². The maximum absolute atomic E-state index is 13.7. The summed E-state index contributed by atoms with van der Waals surface area (Å²) < 4.78 is 21.3. The van der Waals surface area contributed by atoms with Crippen molar-refractivity contribution in [1.29, 1.82) is 0 Å². The highest BCUT2D eigenvalue weighted by molar-refractivity contribution is 5.32. The molecule has 2 aliphatic rings. The molecule has 0 saturated carbocycles. The molecule has 4 rings (SSSR count). The van der Waals surface area contributed by atoms with Gasteiger partial charge in [0.15, 0.2) is 5.82 Å². The first-order chi connectivity index (χ1) is 13.2. The summed E-state index contributed by atoms with van der Waals surface area (Å²) in [6.45, 7) is 3.14. The molecule has 0 unspecified atom stereocenters. The summed E-state index contributed by atoms with van der Waals surface area (Å²) >= 11 is 0. The molecule has 27 heavy (non-hydrogen) atoms. The minimum atomic E-state index is -0.245. The third-order valence-electron chi connectivity index (χ3n) is 5.79. The number of halogens is 1. The quantitative estimate of drug-likeness (QED) is 0.779. The number of benzene rings is 1. The second-order valence-electron chi connectivity index (χ2n) is 7.96. The molecule has 1 aromatic carbocycles. The first-order valence-corrected chi connectivity index (χ1v) is 10.2. The van der Waals surface area contributed by atoms with Crippen LogP contribution >= 0.6 is 0 Å². The highest BCUT2D eigenvalue weighted by Gasteiger charge is 2.22. The van der Waals surface area contributed by atoms with Crippen molar-refractivity contribution < 1.29 is 9.13 Å². The van der Waals surface area contributed by atoms with E-state index in [2.05, 4.69) is 11.9 Å². The summed E-state index contributed by atoms with van der Waals surface area (Å²) in [5.74, 6) is 2.19. The molecule has 2 aliphatic heterocycles. The molecule has 0 bridgehead atoms. The van der Waals surface area contributed by atoms with Gasteiger partial charge in [-0.1, -0.05) is 6.07 Å². The Balaban J connectivity index is 1.52. The number of piperidine rings is 1. The van der Waals surface area contributed by atoms with Crippen LogP contribution < -0.4 is 0 Å². The maximum Gasteiger partial charge on any atom is 0.151 e. The molecule has 0 N–H and O–H groups in total. The average Bonchev–Trinajstić information content (AvgIpc) is 3.32. The van der Waals surface area contributed by atoms with Crippen LogP contribution in [0.3, 0.4) is 0 Å². The number of hydrogen-bond acceptors (Lipinski definition) is 4. The van der Waals surface area contributed by atoms with E-state index in [1.165, 1.54) is 25.0 Å². The van der Waals surface area contributed by atoms with E-state index in [1.807, 2.05) is 10.7 Å². The normalized spacial score (nSPS) is 21.8. The molecule has 0 radical (unpaired) electrons. The van der Waals surface area contributed by atoms with Crippen molar-refractivity contribution in [2.45, 2.75) is 51.0 Å². The summed E-state index contributed by atoms with van der Waals surface area (Å²) in [5, 5.41) is 4.76. The van der Waals surface area contributed by atoms with Crippen molar-refractivity contribution >= 4 is 0 Å². The van der Waals surface area contributed by atoms with E-state index >= 15 is 0 Å². The van der Waals surface area contributed by atoms with E-state index in [-0.39, 0.29) is 5.82 Å². The van der Waals surface area contributed by atoms with Crippen molar-refractivity contribution in [2.24, 2.45) is 5.92 Å². The molecule has 2 fully saturated rings. The van der Waals surface area contributed by atoms with Crippen molar-refractivity contribution in [3.63, 3.8) is 0 Å².